The number of carbonyl (C=O) groups is 2. The van der Waals surface area contributed by atoms with Crippen LogP contribution in [0, 0.1) is 5.92 Å². The summed E-state index contributed by atoms with van der Waals surface area (Å²) >= 11 is 0.769. The van der Waals surface area contributed by atoms with Crippen molar-refractivity contribution in [2.75, 3.05) is 7.11 Å². The molecule has 0 unspecified atom stereocenters. The van der Waals surface area contributed by atoms with Crippen molar-refractivity contribution in [2.45, 2.75) is 31.2 Å². The Morgan fingerprint density at radius 2 is 2.10 bits per heavy atom. The van der Waals surface area contributed by atoms with Crippen LogP contribution in [0.25, 0.3) is 0 Å². The van der Waals surface area contributed by atoms with E-state index in [1.165, 1.54) is 0 Å². The van der Waals surface area contributed by atoms with E-state index in [2.05, 4.69) is 13.8 Å². The number of sulfonamides is 1. The van der Waals surface area contributed by atoms with Gasteiger partial charge in [-0.25, -0.2) is 13.2 Å². The van der Waals surface area contributed by atoms with E-state index in [9.17, 15) is 18.0 Å². The number of esters is 1. The molecule has 0 saturated carbocycles. The van der Waals surface area contributed by atoms with Gasteiger partial charge in [-0.05, 0) is 23.9 Å². The number of aliphatic carboxylic acids is 1. The van der Waals surface area contributed by atoms with E-state index in [1.807, 2.05) is 0 Å². The first-order chi connectivity index (χ1) is 9.69. The molecule has 1 atom stereocenters. The third-order valence-electron chi connectivity index (χ3n) is 2.51. The third kappa shape index (κ3) is 4.48. The van der Waals surface area contributed by atoms with Gasteiger partial charge < -0.3 is 9.84 Å². The average molecular weight is 336 g/mol. The van der Waals surface area contributed by atoms with Crippen LogP contribution in [0.5, 0.6) is 0 Å². The highest BCUT2D eigenvalue weighted by Crippen LogP contribution is 2.19. The van der Waals surface area contributed by atoms with Gasteiger partial charge in [0.15, 0.2) is 5.69 Å². The van der Waals surface area contributed by atoms with Crippen LogP contribution in [0.2, 0.25) is 0 Å². The molecule has 2 N–H and O–H groups in total. The highest BCUT2D eigenvalue weighted by Gasteiger charge is 2.31. The smallest absolute Gasteiger partial charge is 0.359 e. The predicted octanol–water partition coefficient (Wildman–Crippen LogP) is 0.707. The van der Waals surface area contributed by atoms with Gasteiger partial charge in [-0.3, -0.25) is 4.79 Å². The van der Waals surface area contributed by atoms with Gasteiger partial charge in [0.1, 0.15) is 10.9 Å². The lowest BCUT2D eigenvalue weighted by Crippen LogP contribution is -2.41. The minimum Gasteiger partial charge on any atom is -0.480 e. The number of nitrogens with zero attached hydrogens (tertiary/aromatic N) is 1. The predicted molar refractivity (Wildman–Crippen MR) is 74.7 cm³/mol. The Labute approximate surface area is 126 Å². The number of ether oxygens (including phenoxy) is 1. The molecule has 0 bridgehead atoms. The summed E-state index contributed by atoms with van der Waals surface area (Å²) in [5, 5.41) is 10.2. The number of rotatable bonds is 7. The Kier molecular flexibility index (Phi) is 5.81. The second-order valence-corrected chi connectivity index (χ2v) is 6.97. The molecule has 0 spiro atoms. The molecule has 10 heteroatoms. The van der Waals surface area contributed by atoms with Gasteiger partial charge in [0, 0.05) is 5.38 Å². The van der Waals surface area contributed by atoms with E-state index in [1.54, 1.807) is 13.8 Å². The lowest BCUT2D eigenvalue weighted by atomic mass is 10.1. The molecule has 8 nitrogen and oxygen atoms in total. The summed E-state index contributed by atoms with van der Waals surface area (Å²) in [7, 11) is -3.07. The van der Waals surface area contributed by atoms with E-state index < -0.39 is 28.0 Å². The summed E-state index contributed by atoms with van der Waals surface area (Å²) in [6.45, 7) is 3.55. The topological polar surface area (TPSA) is 123 Å². The maximum atomic E-state index is 12.2. The molecule has 21 heavy (non-hydrogen) atoms. The normalized spacial score (nSPS) is 13.1. The zero-order chi connectivity index (χ0) is 16.2. The molecule has 0 amide bonds. The van der Waals surface area contributed by atoms with E-state index in [0.717, 1.165) is 24.0 Å². The van der Waals surface area contributed by atoms with Crippen LogP contribution in [0.1, 0.15) is 30.8 Å². The van der Waals surface area contributed by atoms with Crippen molar-refractivity contribution >= 4 is 33.5 Å². The molecule has 0 saturated heterocycles. The molecular weight excluding hydrogens is 320 g/mol. The quantitative estimate of drug-likeness (QED) is 0.703. The van der Waals surface area contributed by atoms with Crippen LogP contribution in [-0.2, 0) is 19.6 Å². The number of nitrogens with one attached hydrogen (secondary N) is 1. The van der Waals surface area contributed by atoms with Crippen LogP contribution in [0.15, 0.2) is 10.3 Å². The third-order valence-corrected chi connectivity index (χ3v) is 4.77. The standard InChI is InChI=1S/C11H16N2O6S2/c1-6(2)4-7(10(14)15)13-21(17,18)8-5-20-12-9(8)11(16)19-3/h5-7,13H,4H2,1-3H3,(H,14,15)/t7-/m1/s1. The van der Waals surface area contributed by atoms with Gasteiger partial charge in [0.05, 0.1) is 7.11 Å². The fourth-order valence-corrected chi connectivity index (χ4v) is 3.89. The SMILES string of the molecule is COC(=O)c1nscc1S(=O)(=O)N[C@H](CC(C)C)C(=O)O. The molecule has 0 aliphatic rings. The lowest BCUT2D eigenvalue weighted by molar-refractivity contribution is -0.139. The van der Waals surface area contributed by atoms with E-state index >= 15 is 0 Å². The van der Waals surface area contributed by atoms with Crippen LogP contribution in [0.4, 0.5) is 0 Å². The van der Waals surface area contributed by atoms with Crippen molar-refractivity contribution in [1.82, 2.24) is 9.10 Å². The largest absolute Gasteiger partial charge is 0.480 e. The fourth-order valence-electron chi connectivity index (χ4n) is 1.57. The molecule has 1 rings (SSSR count). The molecule has 1 aromatic heterocycles. The number of carboxylic acids is 1. The molecule has 118 valence electrons. The fraction of sp³-hybridized carbons (Fsp3) is 0.545. The molecule has 0 aromatic carbocycles. The Balaban J connectivity index is 3.08. The van der Waals surface area contributed by atoms with Crippen LogP contribution in [-0.4, -0.2) is 43.0 Å². The van der Waals surface area contributed by atoms with Crippen molar-refractivity contribution in [3.05, 3.63) is 11.1 Å². The van der Waals surface area contributed by atoms with Crippen LogP contribution >= 0.6 is 11.5 Å². The number of methoxy groups -OCH3 is 1. The highest BCUT2D eigenvalue weighted by atomic mass is 32.2. The first-order valence-corrected chi connectivity index (χ1v) is 8.28. The van der Waals surface area contributed by atoms with E-state index in [-0.39, 0.29) is 22.9 Å². The summed E-state index contributed by atoms with van der Waals surface area (Å²) in [6.07, 6.45) is 0.125. The summed E-state index contributed by atoms with van der Waals surface area (Å²) < 4.78 is 34.6. The number of aromatic nitrogens is 1. The molecule has 0 aliphatic heterocycles. The lowest BCUT2D eigenvalue weighted by Gasteiger charge is -2.16. The Bertz CT molecular complexity index is 622. The van der Waals surface area contributed by atoms with Gasteiger partial charge in [-0.15, -0.1) is 0 Å². The Morgan fingerprint density at radius 1 is 1.48 bits per heavy atom. The minimum absolute atomic E-state index is 0.0190. The average Bonchev–Trinajstić information content (AvgIpc) is 2.86. The monoisotopic (exact) mass is 336 g/mol. The van der Waals surface area contributed by atoms with E-state index in [0.29, 0.717) is 0 Å². The number of carbonyl (C=O) groups excluding carboxylic acids is 1. The van der Waals surface area contributed by atoms with Crippen molar-refractivity contribution in [3.8, 4) is 0 Å². The molecule has 0 fully saturated rings. The maximum absolute atomic E-state index is 12.2. The van der Waals surface area contributed by atoms with E-state index in [4.69, 9.17) is 5.11 Å². The highest BCUT2D eigenvalue weighted by molar-refractivity contribution is 7.89. The zero-order valence-corrected chi connectivity index (χ0v) is 13.3. The number of carboxylic acid groups (broad SMARTS) is 1. The van der Waals surface area contributed by atoms with Gasteiger partial charge in [-0.2, -0.15) is 9.10 Å². The zero-order valence-electron chi connectivity index (χ0n) is 11.7. The van der Waals surface area contributed by atoms with Crippen LogP contribution < -0.4 is 4.72 Å². The molecular formula is C11H16N2O6S2. The van der Waals surface area contributed by atoms with Gasteiger partial charge in [-0.1, -0.05) is 13.8 Å². The van der Waals surface area contributed by atoms with Crippen molar-refractivity contribution < 1.29 is 27.9 Å². The number of hydrogen-bond acceptors (Lipinski definition) is 7. The van der Waals surface area contributed by atoms with Crippen molar-refractivity contribution in [3.63, 3.8) is 0 Å². The first kappa shape index (κ1) is 17.5. The van der Waals surface area contributed by atoms with Gasteiger partial charge in [0.25, 0.3) is 0 Å². The van der Waals surface area contributed by atoms with Crippen molar-refractivity contribution in [1.29, 1.82) is 0 Å². The summed E-state index contributed by atoms with van der Waals surface area (Å²) in [6, 6.07) is -1.28. The second-order valence-electron chi connectivity index (χ2n) is 4.66. The maximum Gasteiger partial charge on any atom is 0.359 e. The molecule has 0 radical (unpaired) electrons. The Morgan fingerprint density at radius 3 is 2.57 bits per heavy atom. The first-order valence-electron chi connectivity index (χ1n) is 5.96. The van der Waals surface area contributed by atoms with Crippen LogP contribution in [0.3, 0.4) is 0 Å². The summed E-state index contributed by atoms with van der Waals surface area (Å²) in [5.41, 5.74) is -0.358. The van der Waals surface area contributed by atoms with Crippen molar-refractivity contribution in [2.24, 2.45) is 5.92 Å². The molecule has 1 heterocycles. The van der Waals surface area contributed by atoms with Gasteiger partial charge in [0.2, 0.25) is 10.0 Å². The Hall–Kier alpha value is -1.52. The molecule has 0 aliphatic carbocycles. The summed E-state index contributed by atoms with van der Waals surface area (Å²) in [5.74, 6) is -2.20. The second kappa shape index (κ2) is 6.96. The minimum atomic E-state index is -4.18. The molecule has 1 aromatic rings. The summed E-state index contributed by atoms with van der Waals surface area (Å²) in [4.78, 5) is 22.2. The number of hydrogen-bond donors (Lipinski definition) is 2. The van der Waals surface area contributed by atoms with Gasteiger partial charge >= 0.3 is 11.9 Å².